The first kappa shape index (κ1) is 14.7. The fourth-order valence-corrected chi connectivity index (χ4v) is 3.65. The van der Waals surface area contributed by atoms with Gasteiger partial charge in [0.25, 0.3) is 0 Å². The number of hydrogen-bond donors (Lipinski definition) is 1. The molecule has 0 aliphatic heterocycles. The van der Waals surface area contributed by atoms with Crippen LogP contribution in [0.1, 0.15) is 44.3 Å². The summed E-state index contributed by atoms with van der Waals surface area (Å²) >= 11 is 0. The molecule has 0 bridgehead atoms. The van der Waals surface area contributed by atoms with Crippen LogP contribution in [0.5, 0.6) is 0 Å². The van der Waals surface area contributed by atoms with Gasteiger partial charge in [0.05, 0.1) is 12.7 Å². The predicted octanol–water partition coefficient (Wildman–Crippen LogP) is 3.87. The van der Waals surface area contributed by atoms with Crippen molar-refractivity contribution < 1.29 is 14.3 Å². The Hall–Kier alpha value is -2.88. The first-order valence-corrected chi connectivity index (χ1v) is 7.99. The van der Waals surface area contributed by atoms with Gasteiger partial charge >= 0.3 is 5.97 Å². The Morgan fingerprint density at radius 2 is 1.88 bits per heavy atom. The number of carbonyl (C=O) groups is 2. The molecule has 0 saturated carbocycles. The lowest BCUT2D eigenvalue weighted by Gasteiger charge is -2.22. The molecule has 4 rings (SSSR count). The Balaban J connectivity index is 1.85. The molecule has 0 saturated heterocycles. The molecule has 1 aliphatic carbocycles. The van der Waals surface area contributed by atoms with E-state index in [2.05, 4.69) is 17.1 Å². The maximum absolute atomic E-state index is 12.8. The summed E-state index contributed by atoms with van der Waals surface area (Å²) < 4.78 is 4.87. The topological polar surface area (TPSA) is 59.2 Å². The van der Waals surface area contributed by atoms with Crippen LogP contribution in [0.25, 0.3) is 10.9 Å². The maximum Gasteiger partial charge on any atom is 0.338 e. The average Bonchev–Trinajstić information content (AvgIpc) is 3.00. The van der Waals surface area contributed by atoms with Crippen LogP contribution in [0.4, 0.5) is 0 Å². The first-order valence-electron chi connectivity index (χ1n) is 7.99. The van der Waals surface area contributed by atoms with Gasteiger partial charge in [-0.25, -0.2) is 4.79 Å². The summed E-state index contributed by atoms with van der Waals surface area (Å²) in [5.74, 6) is -0.172. The third-order valence-corrected chi connectivity index (χ3v) is 4.74. The van der Waals surface area contributed by atoms with Crippen LogP contribution in [0, 0.1) is 0 Å². The minimum atomic E-state index is -0.416. The fraction of sp³-hybridized carbons (Fsp3) is 0.200. The number of esters is 1. The van der Waals surface area contributed by atoms with E-state index in [1.807, 2.05) is 24.3 Å². The first-order chi connectivity index (χ1) is 11.7. The quantitative estimate of drug-likeness (QED) is 0.730. The highest BCUT2D eigenvalue weighted by molar-refractivity contribution is 6.16. The van der Waals surface area contributed by atoms with Gasteiger partial charge in [0.1, 0.15) is 0 Å². The molecule has 1 unspecified atom stereocenters. The number of rotatable bonds is 2. The molecule has 0 radical (unpaired) electrons. The van der Waals surface area contributed by atoms with Crippen molar-refractivity contribution in [3.05, 3.63) is 70.9 Å². The van der Waals surface area contributed by atoms with Gasteiger partial charge < -0.3 is 9.72 Å². The highest BCUT2D eigenvalue weighted by Gasteiger charge is 2.31. The van der Waals surface area contributed by atoms with E-state index < -0.39 is 5.97 Å². The van der Waals surface area contributed by atoms with Crippen LogP contribution in [0.3, 0.4) is 0 Å². The summed E-state index contributed by atoms with van der Waals surface area (Å²) in [6.07, 6.45) is 1.22. The van der Waals surface area contributed by atoms with Crippen molar-refractivity contribution in [1.29, 1.82) is 0 Å². The van der Waals surface area contributed by atoms with Crippen LogP contribution in [-0.4, -0.2) is 23.8 Å². The molecule has 0 spiro atoms. The smallest absolute Gasteiger partial charge is 0.338 e. The lowest BCUT2D eigenvalue weighted by molar-refractivity contribution is 0.0603. The molecule has 1 aromatic heterocycles. The second kappa shape index (κ2) is 5.64. The highest BCUT2D eigenvalue weighted by Crippen LogP contribution is 2.37. The normalized spacial score (nSPS) is 16.9. The standard InChI is InChI=1S/C20H17NO3/c1-24-20(23)14-8-5-9-15-18(14)19-16(21-15)10-13(11-17(19)22)12-6-3-2-4-7-12/h2-9,13,21H,10-11H2,1H3. The predicted molar refractivity (Wildman–Crippen MR) is 91.5 cm³/mol. The number of ketones is 1. The molecular weight excluding hydrogens is 302 g/mol. The Bertz CT molecular complexity index is 940. The van der Waals surface area contributed by atoms with E-state index in [1.54, 1.807) is 12.1 Å². The lowest BCUT2D eigenvalue weighted by atomic mass is 9.81. The Morgan fingerprint density at radius 1 is 1.08 bits per heavy atom. The molecule has 1 aliphatic rings. The molecule has 4 nitrogen and oxygen atoms in total. The number of aromatic amines is 1. The van der Waals surface area contributed by atoms with Gasteiger partial charge in [-0.1, -0.05) is 36.4 Å². The van der Waals surface area contributed by atoms with Crippen LogP contribution in [0.2, 0.25) is 0 Å². The Kier molecular flexibility index (Phi) is 3.45. The Morgan fingerprint density at radius 3 is 2.62 bits per heavy atom. The number of fused-ring (bicyclic) bond motifs is 3. The van der Waals surface area contributed by atoms with Gasteiger partial charge in [-0.15, -0.1) is 0 Å². The highest BCUT2D eigenvalue weighted by atomic mass is 16.5. The summed E-state index contributed by atoms with van der Waals surface area (Å²) in [4.78, 5) is 28.2. The summed E-state index contributed by atoms with van der Waals surface area (Å²) in [5, 5.41) is 0.691. The lowest BCUT2D eigenvalue weighted by Crippen LogP contribution is -2.18. The minimum absolute atomic E-state index is 0.0766. The van der Waals surface area contributed by atoms with Crippen molar-refractivity contribution in [3.8, 4) is 0 Å². The van der Waals surface area contributed by atoms with E-state index in [0.717, 1.165) is 17.6 Å². The minimum Gasteiger partial charge on any atom is -0.465 e. The number of H-pyrrole nitrogens is 1. The zero-order valence-corrected chi connectivity index (χ0v) is 13.3. The number of ether oxygens (including phenoxy) is 1. The second-order valence-electron chi connectivity index (χ2n) is 6.14. The van der Waals surface area contributed by atoms with Gasteiger partial charge in [-0.2, -0.15) is 0 Å². The number of nitrogens with one attached hydrogen (secondary N) is 1. The van der Waals surface area contributed by atoms with Gasteiger partial charge in [-0.3, -0.25) is 4.79 Å². The van der Waals surface area contributed by atoms with Gasteiger partial charge in [-0.05, 0) is 30.0 Å². The third-order valence-electron chi connectivity index (χ3n) is 4.74. The van der Waals surface area contributed by atoms with E-state index >= 15 is 0 Å². The molecule has 1 N–H and O–H groups in total. The van der Waals surface area contributed by atoms with Crippen LogP contribution in [0.15, 0.2) is 48.5 Å². The van der Waals surface area contributed by atoms with E-state index in [4.69, 9.17) is 4.74 Å². The van der Waals surface area contributed by atoms with E-state index in [1.165, 1.54) is 12.7 Å². The largest absolute Gasteiger partial charge is 0.465 e. The average molecular weight is 319 g/mol. The van der Waals surface area contributed by atoms with Crippen LogP contribution >= 0.6 is 0 Å². The number of hydrogen-bond acceptors (Lipinski definition) is 3. The van der Waals surface area contributed by atoms with Crippen LogP contribution in [-0.2, 0) is 11.2 Å². The SMILES string of the molecule is COC(=O)c1cccc2[nH]c3c(c12)C(=O)CC(c1ccccc1)C3. The summed E-state index contributed by atoms with van der Waals surface area (Å²) in [6, 6.07) is 15.5. The molecule has 24 heavy (non-hydrogen) atoms. The van der Waals surface area contributed by atoms with E-state index in [9.17, 15) is 9.59 Å². The monoisotopic (exact) mass is 319 g/mol. The Labute approximate surface area is 139 Å². The number of carbonyl (C=O) groups excluding carboxylic acids is 2. The number of aromatic nitrogens is 1. The molecule has 1 atom stereocenters. The second-order valence-corrected chi connectivity index (χ2v) is 6.14. The molecule has 3 aromatic rings. The van der Waals surface area contributed by atoms with Gasteiger partial charge in [0, 0.05) is 28.6 Å². The molecule has 2 aromatic carbocycles. The maximum atomic E-state index is 12.8. The third kappa shape index (κ3) is 2.22. The fourth-order valence-electron chi connectivity index (χ4n) is 3.65. The number of methoxy groups -OCH3 is 1. The van der Waals surface area contributed by atoms with Crippen molar-refractivity contribution in [2.75, 3.05) is 7.11 Å². The summed E-state index contributed by atoms with van der Waals surface area (Å²) in [7, 11) is 1.35. The van der Waals surface area contributed by atoms with Gasteiger partial charge in [0.15, 0.2) is 5.78 Å². The van der Waals surface area contributed by atoms with Crippen LogP contribution < -0.4 is 0 Å². The van der Waals surface area contributed by atoms with Crippen molar-refractivity contribution in [2.45, 2.75) is 18.8 Å². The molecule has 1 heterocycles. The van der Waals surface area contributed by atoms with Crippen molar-refractivity contribution in [2.24, 2.45) is 0 Å². The van der Waals surface area contributed by atoms with Crippen molar-refractivity contribution in [1.82, 2.24) is 4.98 Å². The van der Waals surface area contributed by atoms with E-state index in [-0.39, 0.29) is 11.7 Å². The molecular formula is C20H17NO3. The van der Waals surface area contributed by atoms with Crippen molar-refractivity contribution >= 4 is 22.7 Å². The van der Waals surface area contributed by atoms with Crippen molar-refractivity contribution in [3.63, 3.8) is 0 Å². The van der Waals surface area contributed by atoms with E-state index in [0.29, 0.717) is 22.9 Å². The summed E-state index contributed by atoms with van der Waals surface area (Å²) in [6.45, 7) is 0. The molecule has 0 fully saturated rings. The molecule has 4 heteroatoms. The zero-order valence-electron chi connectivity index (χ0n) is 13.3. The number of Topliss-reactive ketones (excluding diaryl/α,β-unsaturated/α-hetero) is 1. The van der Waals surface area contributed by atoms with Gasteiger partial charge in [0.2, 0.25) is 0 Å². The summed E-state index contributed by atoms with van der Waals surface area (Å²) in [5.41, 5.74) is 3.98. The zero-order chi connectivity index (χ0) is 16.7. The molecule has 120 valence electrons. The number of benzene rings is 2. The molecule has 0 amide bonds.